The predicted molar refractivity (Wildman–Crippen MR) is 134 cm³/mol. The molecule has 37 heavy (non-hydrogen) atoms. The summed E-state index contributed by atoms with van der Waals surface area (Å²) in [6.07, 6.45) is -1.41. The first kappa shape index (κ1) is 25.2. The molecule has 0 aliphatic carbocycles. The minimum absolute atomic E-state index is 0.170. The highest BCUT2D eigenvalue weighted by Crippen LogP contribution is 2.32. The van der Waals surface area contributed by atoms with E-state index in [9.17, 15) is 17.6 Å². The van der Waals surface area contributed by atoms with Crippen molar-refractivity contribution < 1.29 is 17.6 Å². The van der Waals surface area contributed by atoms with Gasteiger partial charge in [0.05, 0.1) is 18.3 Å². The van der Waals surface area contributed by atoms with Gasteiger partial charge in [0.1, 0.15) is 29.7 Å². The maximum atomic E-state index is 15.0. The number of imidazole rings is 1. The molecule has 198 valence electrons. The first-order valence-electron chi connectivity index (χ1n) is 12.2. The number of aromatic nitrogens is 6. The summed E-state index contributed by atoms with van der Waals surface area (Å²) in [5.41, 5.74) is 2.85. The molecule has 1 fully saturated rings. The van der Waals surface area contributed by atoms with Gasteiger partial charge in [-0.2, -0.15) is 4.98 Å². The van der Waals surface area contributed by atoms with Crippen molar-refractivity contribution in [1.29, 1.82) is 0 Å². The molecule has 5 heterocycles. The predicted octanol–water partition coefficient (Wildman–Crippen LogP) is 3.57. The Kier molecular flexibility index (Phi) is 6.88. The molecule has 13 heteroatoms. The molecule has 5 rings (SSSR count). The molecule has 9 nitrogen and oxygen atoms in total. The number of anilines is 2. The lowest BCUT2D eigenvalue weighted by molar-refractivity contribution is 0.111. The van der Waals surface area contributed by atoms with Crippen LogP contribution < -0.4 is 10.2 Å². The second-order valence-corrected chi connectivity index (χ2v) is 9.21. The topological polar surface area (TPSA) is 79.4 Å². The third-order valence-electron chi connectivity index (χ3n) is 6.92. The summed E-state index contributed by atoms with van der Waals surface area (Å²) in [6, 6.07) is 4.94. The number of pyridine rings is 1. The number of halogens is 4. The number of rotatable bonds is 8. The van der Waals surface area contributed by atoms with Gasteiger partial charge in [0.2, 0.25) is 5.95 Å². The zero-order valence-corrected chi connectivity index (χ0v) is 20.9. The first-order valence-corrected chi connectivity index (χ1v) is 12.2. The molecule has 4 aromatic rings. The van der Waals surface area contributed by atoms with Gasteiger partial charge < -0.3 is 14.8 Å². The van der Waals surface area contributed by atoms with Crippen LogP contribution in [0.15, 0.2) is 24.4 Å². The summed E-state index contributed by atoms with van der Waals surface area (Å²) < 4.78 is 57.0. The van der Waals surface area contributed by atoms with E-state index in [1.165, 1.54) is 4.57 Å². The number of hydrogen-bond donors (Lipinski definition) is 1. The molecule has 0 radical (unpaired) electrons. The zero-order chi connectivity index (χ0) is 26.3. The third-order valence-corrected chi connectivity index (χ3v) is 6.92. The van der Waals surface area contributed by atoms with E-state index in [4.69, 9.17) is 0 Å². The van der Waals surface area contributed by atoms with Gasteiger partial charge in [-0.15, -0.1) is 5.10 Å². The molecule has 1 saturated heterocycles. The van der Waals surface area contributed by atoms with E-state index in [0.717, 1.165) is 0 Å². The van der Waals surface area contributed by atoms with E-state index >= 15 is 0 Å². The van der Waals surface area contributed by atoms with Gasteiger partial charge in [0.15, 0.2) is 11.5 Å². The number of likely N-dealkylation sites (tertiary alicyclic amines) is 1. The van der Waals surface area contributed by atoms with Crippen LogP contribution in [0, 0.1) is 6.92 Å². The van der Waals surface area contributed by atoms with Gasteiger partial charge in [-0.05, 0) is 31.5 Å². The summed E-state index contributed by atoms with van der Waals surface area (Å²) in [4.78, 5) is 17.2. The maximum absolute atomic E-state index is 15.0. The minimum atomic E-state index is -2.53. The van der Waals surface area contributed by atoms with Gasteiger partial charge in [0, 0.05) is 45.5 Å². The van der Waals surface area contributed by atoms with Crippen molar-refractivity contribution >= 4 is 28.4 Å². The Morgan fingerprint density at radius 3 is 2.70 bits per heavy atom. The Bertz CT molecular complexity index is 1400. The van der Waals surface area contributed by atoms with E-state index < -0.39 is 31.9 Å². The standard InChI is InChI=1S/C24H29F4N9/c1-14-30-18-5-4-17(31-23(18)36(14)13-20(27)28)15-6-10-37-21(15)22(29-2)32-24(33-37)34(3)19-7-9-35(11-8-25)12-16(19)26/h4-6,10,16,19-20H,7-9,11-13H2,1-3H3,(H,29,32,33)/t16-,19+/m0/s1. The number of piperidine rings is 1. The van der Waals surface area contributed by atoms with E-state index in [1.807, 2.05) is 6.07 Å². The molecule has 1 N–H and O–H groups in total. The Balaban J connectivity index is 1.50. The molecule has 0 aromatic carbocycles. The van der Waals surface area contributed by atoms with Gasteiger partial charge in [-0.3, -0.25) is 4.90 Å². The van der Waals surface area contributed by atoms with Crippen molar-refractivity contribution in [1.82, 2.24) is 34.0 Å². The lowest BCUT2D eigenvalue weighted by Crippen LogP contribution is -2.52. The SMILES string of the molecule is CNc1nc(N(C)[C@@H]2CCN(CCF)C[C@@H]2F)nn2ccc(-c3ccc4nc(C)n(CC(F)F)c4n3)c12. The fourth-order valence-corrected chi connectivity index (χ4v) is 5.03. The average Bonchev–Trinajstić information content (AvgIpc) is 3.43. The number of hydrogen-bond acceptors (Lipinski definition) is 7. The highest BCUT2D eigenvalue weighted by Gasteiger charge is 2.33. The first-order chi connectivity index (χ1) is 17.8. The van der Waals surface area contributed by atoms with Crippen molar-refractivity contribution in [3.05, 3.63) is 30.2 Å². The number of nitrogens with zero attached hydrogens (tertiary/aromatic N) is 8. The van der Waals surface area contributed by atoms with Crippen LogP contribution in [-0.4, -0.2) is 93.1 Å². The monoisotopic (exact) mass is 519 g/mol. The zero-order valence-electron chi connectivity index (χ0n) is 20.9. The number of nitrogens with one attached hydrogen (secondary N) is 1. The molecule has 1 aliphatic rings. The summed E-state index contributed by atoms with van der Waals surface area (Å²) in [7, 11) is 3.49. The molecule has 4 aromatic heterocycles. The average molecular weight is 520 g/mol. The Labute approximate surface area is 211 Å². The fourth-order valence-electron chi connectivity index (χ4n) is 5.03. The van der Waals surface area contributed by atoms with Crippen LogP contribution in [0.2, 0.25) is 0 Å². The van der Waals surface area contributed by atoms with Crippen LogP contribution in [0.1, 0.15) is 12.2 Å². The van der Waals surface area contributed by atoms with Crippen molar-refractivity contribution in [2.75, 3.05) is 50.6 Å². The molecule has 0 amide bonds. The molecule has 2 atom stereocenters. The van der Waals surface area contributed by atoms with Crippen LogP contribution in [0.5, 0.6) is 0 Å². The van der Waals surface area contributed by atoms with E-state index in [-0.39, 0.29) is 13.1 Å². The molecule has 1 aliphatic heterocycles. The summed E-state index contributed by atoms with van der Waals surface area (Å²) in [6.45, 7) is 1.70. The number of alkyl halides is 4. The van der Waals surface area contributed by atoms with Crippen molar-refractivity contribution in [3.8, 4) is 11.3 Å². The molecule has 0 spiro atoms. The van der Waals surface area contributed by atoms with Gasteiger partial charge in [-0.25, -0.2) is 32.0 Å². The van der Waals surface area contributed by atoms with E-state index in [2.05, 4.69) is 25.4 Å². The Hall–Kier alpha value is -3.48. The Morgan fingerprint density at radius 1 is 1.19 bits per heavy atom. The Morgan fingerprint density at radius 2 is 2.00 bits per heavy atom. The lowest BCUT2D eigenvalue weighted by atomic mass is 10.0. The number of aryl methyl sites for hydroxylation is 1. The molecule has 0 saturated carbocycles. The minimum Gasteiger partial charge on any atom is -0.371 e. The van der Waals surface area contributed by atoms with Gasteiger partial charge in [-0.1, -0.05) is 0 Å². The molecular weight excluding hydrogens is 490 g/mol. The molecule has 0 bridgehead atoms. The van der Waals surface area contributed by atoms with Gasteiger partial charge >= 0.3 is 0 Å². The van der Waals surface area contributed by atoms with Crippen LogP contribution in [0.25, 0.3) is 27.9 Å². The highest BCUT2D eigenvalue weighted by molar-refractivity contribution is 5.89. The van der Waals surface area contributed by atoms with E-state index in [1.54, 1.807) is 53.7 Å². The second kappa shape index (κ2) is 10.1. The summed E-state index contributed by atoms with van der Waals surface area (Å²) in [5, 5.41) is 7.72. The normalized spacial score (nSPS) is 18.8. The van der Waals surface area contributed by atoms with E-state index in [0.29, 0.717) is 58.5 Å². The van der Waals surface area contributed by atoms with Gasteiger partial charge in [0.25, 0.3) is 6.43 Å². The quantitative estimate of drug-likeness (QED) is 0.357. The largest absolute Gasteiger partial charge is 0.371 e. The van der Waals surface area contributed by atoms with Crippen LogP contribution in [-0.2, 0) is 6.54 Å². The molecular formula is C24H29F4N9. The number of fused-ring (bicyclic) bond motifs is 2. The lowest BCUT2D eigenvalue weighted by Gasteiger charge is -2.38. The fraction of sp³-hybridized carbons (Fsp3) is 0.500. The van der Waals surface area contributed by atoms with Crippen molar-refractivity contribution in [2.45, 2.75) is 38.5 Å². The summed E-state index contributed by atoms with van der Waals surface area (Å²) in [5.74, 6) is 1.33. The van der Waals surface area contributed by atoms with Crippen LogP contribution >= 0.6 is 0 Å². The maximum Gasteiger partial charge on any atom is 0.256 e. The van der Waals surface area contributed by atoms with Crippen molar-refractivity contribution in [3.63, 3.8) is 0 Å². The summed E-state index contributed by atoms with van der Waals surface area (Å²) >= 11 is 0. The molecule has 0 unspecified atom stereocenters. The second-order valence-electron chi connectivity index (χ2n) is 9.21. The smallest absolute Gasteiger partial charge is 0.256 e. The van der Waals surface area contributed by atoms with Crippen LogP contribution in [0.3, 0.4) is 0 Å². The van der Waals surface area contributed by atoms with Crippen LogP contribution in [0.4, 0.5) is 29.3 Å². The third kappa shape index (κ3) is 4.67. The van der Waals surface area contributed by atoms with Crippen molar-refractivity contribution in [2.24, 2.45) is 0 Å². The highest BCUT2D eigenvalue weighted by atomic mass is 19.3.